The lowest BCUT2D eigenvalue weighted by Crippen LogP contribution is -2.65. The molecule has 20 heavy (non-hydrogen) atoms. The van der Waals surface area contributed by atoms with Gasteiger partial charge in [0.2, 0.25) is 11.8 Å². The fourth-order valence-electron chi connectivity index (χ4n) is 3.39. The van der Waals surface area contributed by atoms with E-state index in [4.69, 9.17) is 0 Å². The van der Waals surface area contributed by atoms with E-state index in [9.17, 15) is 9.59 Å². The van der Waals surface area contributed by atoms with E-state index in [1.807, 2.05) is 4.90 Å². The van der Waals surface area contributed by atoms with Crippen LogP contribution in [0.4, 0.5) is 0 Å². The van der Waals surface area contributed by atoms with Crippen LogP contribution in [0.25, 0.3) is 0 Å². The molecular weight excluding hydrogens is 252 g/mol. The molecule has 0 bridgehead atoms. The maximum Gasteiger partial charge on any atom is 0.246 e. The van der Waals surface area contributed by atoms with Gasteiger partial charge in [-0.15, -0.1) is 0 Å². The number of nitrogens with one attached hydrogen (secondary N) is 1. The van der Waals surface area contributed by atoms with Crippen molar-refractivity contribution in [3.8, 4) is 0 Å². The third-order valence-electron chi connectivity index (χ3n) is 4.99. The van der Waals surface area contributed by atoms with Crippen molar-refractivity contribution in [1.82, 2.24) is 10.2 Å². The molecular formula is C16H26N2O2. The first-order valence-electron chi connectivity index (χ1n) is 8.17. The van der Waals surface area contributed by atoms with E-state index in [2.05, 4.69) is 19.2 Å². The lowest BCUT2D eigenvalue weighted by atomic mass is 9.84. The molecule has 3 rings (SSSR count). The van der Waals surface area contributed by atoms with E-state index in [0.29, 0.717) is 17.8 Å². The van der Waals surface area contributed by atoms with Crippen LogP contribution in [0.2, 0.25) is 0 Å². The Bertz CT molecular complexity index is 399. The SMILES string of the molecule is CC(C)CC1C(=O)NC(C2CC2)C(=O)N1CC1CCC1. The van der Waals surface area contributed by atoms with Crippen molar-refractivity contribution < 1.29 is 9.59 Å². The summed E-state index contributed by atoms with van der Waals surface area (Å²) in [6.45, 7) is 5.03. The normalized spacial score (nSPS) is 31.4. The largest absolute Gasteiger partial charge is 0.342 e. The average Bonchev–Trinajstić information content (AvgIpc) is 3.14. The average molecular weight is 278 g/mol. The second kappa shape index (κ2) is 5.38. The van der Waals surface area contributed by atoms with Crippen LogP contribution in [0.15, 0.2) is 0 Å². The van der Waals surface area contributed by atoms with Gasteiger partial charge >= 0.3 is 0 Å². The maximum atomic E-state index is 12.7. The predicted octanol–water partition coefficient (Wildman–Crippen LogP) is 1.94. The highest BCUT2D eigenvalue weighted by molar-refractivity contribution is 5.97. The number of nitrogens with zero attached hydrogens (tertiary/aromatic N) is 1. The molecule has 3 aliphatic rings. The fourth-order valence-corrected chi connectivity index (χ4v) is 3.39. The molecule has 2 amide bonds. The van der Waals surface area contributed by atoms with Gasteiger partial charge in [0.1, 0.15) is 12.1 Å². The number of hydrogen-bond acceptors (Lipinski definition) is 2. The van der Waals surface area contributed by atoms with Crippen LogP contribution in [0, 0.1) is 17.8 Å². The number of hydrogen-bond donors (Lipinski definition) is 1. The van der Waals surface area contributed by atoms with Crippen molar-refractivity contribution in [3.63, 3.8) is 0 Å². The summed E-state index contributed by atoms with van der Waals surface area (Å²) in [5, 5.41) is 2.99. The second-order valence-electron chi connectivity index (χ2n) is 7.26. The minimum Gasteiger partial charge on any atom is -0.342 e. The molecule has 2 atom stereocenters. The minimum absolute atomic E-state index is 0.0783. The van der Waals surface area contributed by atoms with Crippen LogP contribution in [-0.2, 0) is 9.59 Å². The summed E-state index contributed by atoms with van der Waals surface area (Å²) in [6.07, 6.45) is 6.66. The van der Waals surface area contributed by atoms with Crippen LogP contribution in [0.1, 0.15) is 52.4 Å². The van der Waals surface area contributed by atoms with Gasteiger partial charge in [0, 0.05) is 6.54 Å². The summed E-state index contributed by atoms with van der Waals surface area (Å²) in [6, 6.07) is -0.468. The predicted molar refractivity (Wildman–Crippen MR) is 77.0 cm³/mol. The van der Waals surface area contributed by atoms with Crippen molar-refractivity contribution in [2.24, 2.45) is 17.8 Å². The smallest absolute Gasteiger partial charge is 0.246 e. The summed E-state index contributed by atoms with van der Waals surface area (Å²) in [4.78, 5) is 27.1. The third-order valence-corrected chi connectivity index (χ3v) is 4.99. The standard InChI is InChI=1S/C16H26N2O2/c1-10(2)8-13-15(19)17-14(12-6-7-12)16(20)18(13)9-11-4-3-5-11/h10-14H,3-9H2,1-2H3,(H,17,19). The molecule has 1 aliphatic heterocycles. The van der Waals surface area contributed by atoms with Crippen molar-refractivity contribution in [1.29, 1.82) is 0 Å². The second-order valence-corrected chi connectivity index (χ2v) is 7.26. The molecule has 2 aliphatic carbocycles. The van der Waals surface area contributed by atoms with Crippen molar-refractivity contribution in [3.05, 3.63) is 0 Å². The van der Waals surface area contributed by atoms with E-state index >= 15 is 0 Å². The molecule has 0 radical (unpaired) electrons. The van der Waals surface area contributed by atoms with Gasteiger partial charge in [-0.05, 0) is 49.9 Å². The van der Waals surface area contributed by atoms with Gasteiger partial charge in [-0.1, -0.05) is 20.3 Å². The molecule has 4 nitrogen and oxygen atoms in total. The molecule has 1 N–H and O–H groups in total. The van der Waals surface area contributed by atoms with Crippen LogP contribution in [0.5, 0.6) is 0 Å². The number of carbonyl (C=O) groups is 2. The van der Waals surface area contributed by atoms with Crippen LogP contribution >= 0.6 is 0 Å². The quantitative estimate of drug-likeness (QED) is 0.835. The molecule has 2 saturated carbocycles. The van der Waals surface area contributed by atoms with E-state index in [1.54, 1.807) is 0 Å². The Kier molecular flexibility index (Phi) is 3.74. The molecule has 0 spiro atoms. The third kappa shape index (κ3) is 2.70. The molecule has 112 valence electrons. The molecule has 0 aromatic carbocycles. The number of amides is 2. The minimum atomic E-state index is -0.238. The summed E-state index contributed by atoms with van der Waals surface area (Å²) in [7, 11) is 0. The van der Waals surface area contributed by atoms with E-state index in [-0.39, 0.29) is 23.9 Å². The van der Waals surface area contributed by atoms with Gasteiger partial charge in [-0.25, -0.2) is 0 Å². The molecule has 3 fully saturated rings. The van der Waals surface area contributed by atoms with Gasteiger partial charge in [0.15, 0.2) is 0 Å². The molecule has 1 saturated heterocycles. The van der Waals surface area contributed by atoms with Crippen molar-refractivity contribution in [2.45, 2.75) is 64.5 Å². The van der Waals surface area contributed by atoms with Crippen molar-refractivity contribution >= 4 is 11.8 Å². The van der Waals surface area contributed by atoms with Gasteiger partial charge in [0.25, 0.3) is 0 Å². The Hall–Kier alpha value is -1.06. The number of carbonyl (C=O) groups excluding carboxylic acids is 2. The summed E-state index contributed by atoms with van der Waals surface area (Å²) in [5.41, 5.74) is 0. The molecule has 0 aromatic heterocycles. The Morgan fingerprint density at radius 2 is 1.90 bits per heavy atom. The Morgan fingerprint density at radius 1 is 1.20 bits per heavy atom. The highest BCUT2D eigenvalue weighted by atomic mass is 16.2. The highest BCUT2D eigenvalue weighted by Crippen LogP contribution is 2.37. The lowest BCUT2D eigenvalue weighted by molar-refractivity contribution is -0.151. The lowest BCUT2D eigenvalue weighted by Gasteiger charge is -2.43. The molecule has 1 heterocycles. The van der Waals surface area contributed by atoms with Gasteiger partial charge in [-0.2, -0.15) is 0 Å². The first kappa shape index (κ1) is 13.9. The first-order valence-corrected chi connectivity index (χ1v) is 8.17. The zero-order valence-electron chi connectivity index (χ0n) is 12.6. The highest BCUT2D eigenvalue weighted by Gasteiger charge is 2.47. The number of piperazine rings is 1. The van der Waals surface area contributed by atoms with Crippen molar-refractivity contribution in [2.75, 3.05) is 6.54 Å². The molecule has 4 heteroatoms. The number of rotatable bonds is 5. The monoisotopic (exact) mass is 278 g/mol. The summed E-state index contributed by atoms with van der Waals surface area (Å²) >= 11 is 0. The Balaban J connectivity index is 1.75. The van der Waals surface area contributed by atoms with Crippen LogP contribution in [0.3, 0.4) is 0 Å². The first-order chi connectivity index (χ1) is 9.56. The zero-order chi connectivity index (χ0) is 14.3. The van der Waals surface area contributed by atoms with Crippen LogP contribution < -0.4 is 5.32 Å². The molecule has 2 unspecified atom stereocenters. The van der Waals surface area contributed by atoms with Gasteiger partial charge < -0.3 is 10.2 Å². The van der Waals surface area contributed by atoms with Gasteiger partial charge in [-0.3, -0.25) is 9.59 Å². The molecule has 0 aromatic rings. The van der Waals surface area contributed by atoms with Crippen LogP contribution in [-0.4, -0.2) is 35.3 Å². The van der Waals surface area contributed by atoms with E-state index in [0.717, 1.165) is 25.8 Å². The summed E-state index contributed by atoms with van der Waals surface area (Å²) in [5.74, 6) is 1.72. The maximum absolute atomic E-state index is 12.7. The Labute approximate surface area is 121 Å². The topological polar surface area (TPSA) is 49.4 Å². The van der Waals surface area contributed by atoms with Gasteiger partial charge in [0.05, 0.1) is 0 Å². The Morgan fingerprint density at radius 3 is 2.40 bits per heavy atom. The van der Waals surface area contributed by atoms with E-state index < -0.39 is 0 Å². The zero-order valence-corrected chi connectivity index (χ0v) is 12.6. The summed E-state index contributed by atoms with van der Waals surface area (Å²) < 4.78 is 0. The van der Waals surface area contributed by atoms with E-state index in [1.165, 1.54) is 19.3 Å². The fraction of sp³-hybridized carbons (Fsp3) is 0.875.